The van der Waals surface area contributed by atoms with Crippen molar-refractivity contribution in [1.82, 2.24) is 4.98 Å². The molecule has 0 unspecified atom stereocenters. The van der Waals surface area contributed by atoms with E-state index in [1.807, 2.05) is 78.9 Å². The number of ether oxygens (including phenoxy) is 1. The number of aliphatic carboxylic acids is 1. The number of para-hydroxylation sites is 1. The average Bonchev–Trinajstić information content (AvgIpc) is 3.12. The molecular formula is C22H18N2O3. The number of H-pyrrole nitrogens is 1. The van der Waals surface area contributed by atoms with Crippen LogP contribution in [0.2, 0.25) is 0 Å². The molecule has 27 heavy (non-hydrogen) atoms. The highest BCUT2D eigenvalue weighted by Crippen LogP contribution is 2.34. The van der Waals surface area contributed by atoms with Crippen molar-refractivity contribution in [1.29, 1.82) is 0 Å². The number of carbonyl (C=O) groups is 1. The lowest BCUT2D eigenvalue weighted by atomic mass is 10.1. The minimum absolute atomic E-state index is 0.177. The molecule has 0 fully saturated rings. The Morgan fingerprint density at radius 3 is 2.33 bits per heavy atom. The van der Waals surface area contributed by atoms with E-state index in [4.69, 9.17) is 9.84 Å². The van der Waals surface area contributed by atoms with E-state index in [1.165, 1.54) is 0 Å². The van der Waals surface area contributed by atoms with Crippen molar-refractivity contribution in [3.63, 3.8) is 0 Å². The van der Waals surface area contributed by atoms with Crippen LogP contribution in [0.15, 0.2) is 78.9 Å². The van der Waals surface area contributed by atoms with Crippen molar-refractivity contribution in [3.8, 4) is 22.8 Å². The van der Waals surface area contributed by atoms with Gasteiger partial charge in [0.05, 0.1) is 11.2 Å². The fraction of sp³-hybridized carbons (Fsp3) is 0.0455. The monoisotopic (exact) mass is 358 g/mol. The Hall–Kier alpha value is -3.73. The summed E-state index contributed by atoms with van der Waals surface area (Å²) in [6.07, 6.45) is 0. The van der Waals surface area contributed by atoms with Crippen LogP contribution in [-0.4, -0.2) is 22.6 Å². The lowest BCUT2D eigenvalue weighted by Gasteiger charge is -2.10. The predicted molar refractivity (Wildman–Crippen MR) is 106 cm³/mol. The van der Waals surface area contributed by atoms with Gasteiger partial charge in [0.25, 0.3) is 0 Å². The van der Waals surface area contributed by atoms with Gasteiger partial charge in [-0.05, 0) is 29.8 Å². The van der Waals surface area contributed by atoms with Crippen LogP contribution >= 0.6 is 0 Å². The van der Waals surface area contributed by atoms with Crippen molar-refractivity contribution in [2.75, 3.05) is 11.9 Å². The summed E-state index contributed by atoms with van der Waals surface area (Å²) < 4.78 is 5.95. The lowest BCUT2D eigenvalue weighted by Crippen LogP contribution is -2.12. The molecule has 0 aliphatic rings. The Balaban J connectivity index is 1.77. The Labute approximate surface area is 156 Å². The fourth-order valence-electron chi connectivity index (χ4n) is 2.98. The number of aromatic nitrogens is 1. The van der Waals surface area contributed by atoms with Crippen LogP contribution in [0.1, 0.15) is 0 Å². The Kier molecular flexibility index (Phi) is 4.49. The molecule has 0 amide bonds. The van der Waals surface area contributed by atoms with E-state index in [0.717, 1.165) is 27.9 Å². The smallest absolute Gasteiger partial charge is 0.322 e. The molecule has 0 atom stereocenters. The molecule has 3 aromatic carbocycles. The van der Waals surface area contributed by atoms with Gasteiger partial charge in [-0.15, -0.1) is 0 Å². The molecule has 134 valence electrons. The molecule has 1 aromatic heterocycles. The van der Waals surface area contributed by atoms with E-state index in [-0.39, 0.29) is 6.54 Å². The second kappa shape index (κ2) is 7.25. The van der Waals surface area contributed by atoms with Crippen LogP contribution in [0, 0.1) is 0 Å². The van der Waals surface area contributed by atoms with Crippen LogP contribution in [0.3, 0.4) is 0 Å². The third-order valence-corrected chi connectivity index (χ3v) is 4.20. The molecule has 1 heterocycles. The van der Waals surface area contributed by atoms with Crippen LogP contribution in [0.5, 0.6) is 11.5 Å². The number of anilines is 1. The van der Waals surface area contributed by atoms with Gasteiger partial charge in [0.1, 0.15) is 18.0 Å². The van der Waals surface area contributed by atoms with Gasteiger partial charge in [0.2, 0.25) is 0 Å². The maximum atomic E-state index is 11.0. The molecule has 3 N–H and O–H groups in total. The highest BCUT2D eigenvalue weighted by molar-refractivity contribution is 5.97. The van der Waals surface area contributed by atoms with Crippen LogP contribution in [0.25, 0.3) is 22.2 Å². The highest BCUT2D eigenvalue weighted by Gasteiger charge is 2.11. The average molecular weight is 358 g/mol. The number of hydrogen-bond acceptors (Lipinski definition) is 3. The third-order valence-electron chi connectivity index (χ3n) is 4.20. The number of aromatic amines is 1. The highest BCUT2D eigenvalue weighted by atomic mass is 16.5. The lowest BCUT2D eigenvalue weighted by molar-refractivity contribution is -0.134. The molecule has 0 bridgehead atoms. The first-order valence-electron chi connectivity index (χ1n) is 8.60. The first-order valence-corrected chi connectivity index (χ1v) is 8.60. The minimum Gasteiger partial charge on any atom is -0.480 e. The van der Waals surface area contributed by atoms with E-state index < -0.39 is 5.97 Å². The van der Waals surface area contributed by atoms with Crippen LogP contribution < -0.4 is 10.1 Å². The van der Waals surface area contributed by atoms with E-state index in [1.54, 1.807) is 0 Å². The summed E-state index contributed by atoms with van der Waals surface area (Å²) in [4.78, 5) is 14.4. The molecule has 0 aliphatic heterocycles. The zero-order chi connectivity index (χ0) is 18.6. The molecule has 0 aliphatic carbocycles. The van der Waals surface area contributed by atoms with Crippen molar-refractivity contribution in [3.05, 3.63) is 78.9 Å². The van der Waals surface area contributed by atoms with E-state index in [0.29, 0.717) is 11.4 Å². The number of rotatable bonds is 6. The van der Waals surface area contributed by atoms with Gasteiger partial charge in [0, 0.05) is 17.1 Å². The van der Waals surface area contributed by atoms with Crippen molar-refractivity contribution < 1.29 is 14.6 Å². The minimum atomic E-state index is -0.924. The number of carboxylic acid groups (broad SMARTS) is 1. The SMILES string of the molecule is O=C(O)CNc1cc(Oc2ccccc2)cc2cc(-c3ccccc3)[nH]c12. The van der Waals surface area contributed by atoms with E-state index >= 15 is 0 Å². The Morgan fingerprint density at radius 2 is 1.63 bits per heavy atom. The maximum absolute atomic E-state index is 11.0. The number of hydrogen-bond donors (Lipinski definition) is 3. The third kappa shape index (κ3) is 3.77. The quantitative estimate of drug-likeness (QED) is 0.447. The predicted octanol–water partition coefficient (Wildman–Crippen LogP) is 5.12. The topological polar surface area (TPSA) is 74.3 Å². The van der Waals surface area contributed by atoms with E-state index in [9.17, 15) is 4.79 Å². The van der Waals surface area contributed by atoms with Crippen molar-refractivity contribution in [2.24, 2.45) is 0 Å². The normalized spacial score (nSPS) is 10.7. The van der Waals surface area contributed by atoms with Gasteiger partial charge in [-0.3, -0.25) is 4.79 Å². The van der Waals surface area contributed by atoms with Gasteiger partial charge in [0.15, 0.2) is 0 Å². The molecule has 0 radical (unpaired) electrons. The second-order valence-corrected chi connectivity index (χ2v) is 6.15. The maximum Gasteiger partial charge on any atom is 0.322 e. The van der Waals surface area contributed by atoms with Gasteiger partial charge >= 0.3 is 5.97 Å². The van der Waals surface area contributed by atoms with Crippen molar-refractivity contribution in [2.45, 2.75) is 0 Å². The summed E-state index contributed by atoms with van der Waals surface area (Å²) in [5.74, 6) is 0.437. The zero-order valence-electron chi connectivity index (χ0n) is 14.5. The van der Waals surface area contributed by atoms with E-state index in [2.05, 4.69) is 10.3 Å². The van der Waals surface area contributed by atoms with Gasteiger partial charge in [-0.25, -0.2) is 0 Å². The molecule has 5 nitrogen and oxygen atoms in total. The van der Waals surface area contributed by atoms with Gasteiger partial charge in [-0.2, -0.15) is 0 Å². The fourth-order valence-corrected chi connectivity index (χ4v) is 2.98. The largest absolute Gasteiger partial charge is 0.480 e. The number of fused-ring (bicyclic) bond motifs is 1. The van der Waals surface area contributed by atoms with Crippen molar-refractivity contribution >= 4 is 22.6 Å². The molecular weight excluding hydrogens is 340 g/mol. The Morgan fingerprint density at radius 1 is 0.926 bits per heavy atom. The summed E-state index contributed by atoms with van der Waals surface area (Å²) in [6, 6.07) is 25.3. The Bertz CT molecular complexity index is 1070. The summed E-state index contributed by atoms with van der Waals surface area (Å²) in [7, 11) is 0. The second-order valence-electron chi connectivity index (χ2n) is 6.15. The zero-order valence-corrected chi connectivity index (χ0v) is 14.5. The molecule has 5 heteroatoms. The summed E-state index contributed by atoms with van der Waals surface area (Å²) in [6.45, 7) is -0.177. The molecule has 4 rings (SSSR count). The number of carboxylic acids is 1. The summed E-state index contributed by atoms with van der Waals surface area (Å²) in [5, 5.41) is 12.9. The molecule has 0 saturated carbocycles. The molecule has 0 spiro atoms. The van der Waals surface area contributed by atoms with Gasteiger partial charge in [-0.1, -0.05) is 48.5 Å². The molecule has 0 saturated heterocycles. The number of benzene rings is 3. The summed E-state index contributed by atoms with van der Waals surface area (Å²) in [5.41, 5.74) is 3.54. The first-order chi connectivity index (χ1) is 13.2. The summed E-state index contributed by atoms with van der Waals surface area (Å²) >= 11 is 0. The standard InChI is InChI=1S/C22H18N2O3/c25-21(26)14-23-20-13-18(27-17-9-5-2-6-10-17)11-16-12-19(24-22(16)20)15-7-3-1-4-8-15/h1-13,23-24H,14H2,(H,25,26). The first kappa shape index (κ1) is 16.7. The van der Waals surface area contributed by atoms with Gasteiger partial charge < -0.3 is 20.1 Å². The van der Waals surface area contributed by atoms with Crippen LogP contribution in [-0.2, 0) is 4.79 Å². The van der Waals surface area contributed by atoms with Crippen LogP contribution in [0.4, 0.5) is 5.69 Å². The number of nitrogens with one attached hydrogen (secondary N) is 2. The molecule has 4 aromatic rings.